The number of ether oxygens (including phenoxy) is 1. The van der Waals surface area contributed by atoms with Gasteiger partial charge < -0.3 is 4.74 Å². The van der Waals surface area contributed by atoms with Crippen molar-refractivity contribution in [2.45, 2.75) is 32.6 Å². The highest BCUT2D eigenvalue weighted by Crippen LogP contribution is 2.44. The number of allylic oxidation sites excluding steroid dienone is 3. The van der Waals surface area contributed by atoms with Crippen molar-refractivity contribution >= 4 is 23.7 Å². The molecule has 0 spiro atoms. The number of methoxy groups -OCH3 is 1. The van der Waals surface area contributed by atoms with Crippen molar-refractivity contribution in [1.29, 1.82) is 0 Å². The van der Waals surface area contributed by atoms with Crippen LogP contribution in [0, 0.1) is 23.7 Å². The molecule has 3 aliphatic rings. The monoisotopic (exact) mass is 353 g/mol. The molecule has 4 atom stereocenters. The summed E-state index contributed by atoms with van der Waals surface area (Å²) in [6.45, 7) is 2.06. The van der Waals surface area contributed by atoms with Crippen molar-refractivity contribution in [3.05, 3.63) is 41.2 Å². The van der Waals surface area contributed by atoms with Crippen LogP contribution < -0.4 is 0 Å². The first-order valence-corrected chi connectivity index (χ1v) is 9.31. The molecule has 5 nitrogen and oxygen atoms in total. The predicted octanol–water partition coefficient (Wildman–Crippen LogP) is 3.51. The van der Waals surface area contributed by atoms with Gasteiger partial charge in [0.05, 0.1) is 23.9 Å². The fourth-order valence-electron chi connectivity index (χ4n) is 4.87. The van der Waals surface area contributed by atoms with Crippen molar-refractivity contribution in [3.63, 3.8) is 0 Å². The molecule has 1 saturated carbocycles. The molecular weight excluding hydrogens is 330 g/mol. The molecule has 5 heteroatoms. The molecule has 1 aromatic heterocycles. The molecule has 0 saturated heterocycles. The van der Waals surface area contributed by atoms with E-state index < -0.39 is 5.97 Å². The highest BCUT2D eigenvalue weighted by molar-refractivity contribution is 6.27. The predicted molar refractivity (Wildman–Crippen MR) is 96.6 cm³/mol. The third-order valence-corrected chi connectivity index (χ3v) is 6.19. The van der Waals surface area contributed by atoms with E-state index in [2.05, 4.69) is 19.1 Å². The molecule has 0 aromatic carbocycles. The lowest BCUT2D eigenvalue weighted by Gasteiger charge is -2.40. The van der Waals surface area contributed by atoms with E-state index in [1.54, 1.807) is 12.1 Å². The Hall–Kier alpha value is -2.43. The number of rotatable bonds is 3. The smallest absolute Gasteiger partial charge is 0.340 e. The van der Waals surface area contributed by atoms with Gasteiger partial charge in [-0.15, -0.1) is 0 Å². The quantitative estimate of drug-likeness (QED) is 0.474. The second-order valence-electron chi connectivity index (χ2n) is 7.59. The van der Waals surface area contributed by atoms with Gasteiger partial charge in [-0.05, 0) is 42.7 Å². The fraction of sp³-hybridized carbons (Fsp3) is 0.476. The van der Waals surface area contributed by atoms with E-state index in [-0.39, 0.29) is 29.1 Å². The molecule has 1 aliphatic heterocycles. The number of carbonyl (C=O) groups is 3. The van der Waals surface area contributed by atoms with Gasteiger partial charge in [-0.2, -0.15) is 0 Å². The molecule has 4 unspecified atom stereocenters. The lowest BCUT2D eigenvalue weighted by atomic mass is 9.63. The van der Waals surface area contributed by atoms with Crippen molar-refractivity contribution in [2.75, 3.05) is 7.11 Å². The maximum Gasteiger partial charge on any atom is 0.340 e. The SMILES string of the molecule is COC(=O)c1ccn2c1C=C(C(=O)C1C(C)C=CC3CCCCC31)C2=O. The Kier molecular flexibility index (Phi) is 4.17. The summed E-state index contributed by atoms with van der Waals surface area (Å²) in [5, 5.41) is 0. The Balaban J connectivity index is 1.68. The number of Topliss-reactive ketones (excluding diaryl/α,β-unsaturated/α-hetero) is 1. The molecular formula is C21H23NO4. The topological polar surface area (TPSA) is 65.4 Å². The van der Waals surface area contributed by atoms with Gasteiger partial charge in [-0.3, -0.25) is 14.2 Å². The largest absolute Gasteiger partial charge is 0.465 e. The third kappa shape index (κ3) is 2.49. The molecule has 1 aromatic rings. The van der Waals surface area contributed by atoms with E-state index in [0.29, 0.717) is 23.1 Å². The highest BCUT2D eigenvalue weighted by atomic mass is 16.5. The zero-order valence-electron chi connectivity index (χ0n) is 15.1. The summed E-state index contributed by atoms with van der Waals surface area (Å²) < 4.78 is 6.14. The zero-order valence-corrected chi connectivity index (χ0v) is 15.1. The number of hydrogen-bond donors (Lipinski definition) is 0. The number of fused-ring (bicyclic) bond motifs is 2. The first-order chi connectivity index (χ1) is 12.5. The summed E-state index contributed by atoms with van der Waals surface area (Å²) >= 11 is 0. The van der Waals surface area contributed by atoms with E-state index in [9.17, 15) is 14.4 Å². The Morgan fingerprint density at radius 2 is 1.96 bits per heavy atom. The van der Waals surface area contributed by atoms with Crippen LogP contribution in [0.1, 0.15) is 53.5 Å². The van der Waals surface area contributed by atoms with E-state index in [1.807, 2.05) is 0 Å². The van der Waals surface area contributed by atoms with Crippen LogP contribution in [0.25, 0.3) is 6.08 Å². The van der Waals surface area contributed by atoms with Crippen molar-refractivity contribution < 1.29 is 19.1 Å². The average molecular weight is 353 g/mol. The van der Waals surface area contributed by atoms with Gasteiger partial charge in [-0.25, -0.2) is 4.79 Å². The molecule has 2 heterocycles. The molecule has 2 aliphatic carbocycles. The van der Waals surface area contributed by atoms with Gasteiger partial charge in [-0.1, -0.05) is 31.9 Å². The number of carbonyl (C=O) groups excluding carboxylic acids is 3. The summed E-state index contributed by atoms with van der Waals surface area (Å²) in [7, 11) is 1.30. The highest BCUT2D eigenvalue weighted by Gasteiger charge is 2.43. The maximum atomic E-state index is 13.3. The summed E-state index contributed by atoms with van der Waals surface area (Å²) in [5.41, 5.74) is 0.961. The van der Waals surface area contributed by atoms with Crippen LogP contribution in [0.4, 0.5) is 0 Å². The molecule has 4 rings (SSSR count). The van der Waals surface area contributed by atoms with E-state index in [0.717, 1.165) is 19.3 Å². The van der Waals surface area contributed by atoms with Gasteiger partial charge in [0.2, 0.25) is 0 Å². The second-order valence-corrected chi connectivity index (χ2v) is 7.59. The van der Waals surface area contributed by atoms with Crippen molar-refractivity contribution in [2.24, 2.45) is 23.7 Å². The number of ketones is 1. The maximum absolute atomic E-state index is 13.3. The minimum Gasteiger partial charge on any atom is -0.465 e. The minimum absolute atomic E-state index is 0.0803. The van der Waals surface area contributed by atoms with Gasteiger partial charge in [0, 0.05) is 12.1 Å². The summed E-state index contributed by atoms with van der Waals surface area (Å²) in [6, 6.07) is 1.56. The van der Waals surface area contributed by atoms with Crippen LogP contribution >= 0.6 is 0 Å². The summed E-state index contributed by atoms with van der Waals surface area (Å²) in [6.07, 6.45) is 12.0. The molecule has 1 fully saturated rings. The molecule has 0 amide bonds. The van der Waals surface area contributed by atoms with Gasteiger partial charge in [0.1, 0.15) is 0 Å². The number of aromatic nitrogens is 1. The minimum atomic E-state index is -0.502. The Labute approximate surface area is 152 Å². The molecule has 0 bridgehead atoms. The van der Waals surface area contributed by atoms with Crippen molar-refractivity contribution in [3.8, 4) is 0 Å². The van der Waals surface area contributed by atoms with Crippen LogP contribution in [0.5, 0.6) is 0 Å². The first kappa shape index (κ1) is 17.0. The number of esters is 1. The number of hydrogen-bond acceptors (Lipinski definition) is 4. The van der Waals surface area contributed by atoms with Gasteiger partial charge in [0.25, 0.3) is 5.91 Å². The summed E-state index contributed by atoms with van der Waals surface area (Å²) in [4.78, 5) is 38.0. The molecule has 136 valence electrons. The Morgan fingerprint density at radius 1 is 1.19 bits per heavy atom. The molecule has 0 N–H and O–H groups in total. The Morgan fingerprint density at radius 3 is 2.73 bits per heavy atom. The second kappa shape index (κ2) is 6.38. The molecule has 0 radical (unpaired) electrons. The van der Waals surface area contributed by atoms with Gasteiger partial charge in [0.15, 0.2) is 5.78 Å². The van der Waals surface area contributed by atoms with E-state index in [1.165, 1.54) is 24.3 Å². The number of nitrogens with zero attached hydrogens (tertiary/aromatic N) is 1. The van der Waals surface area contributed by atoms with E-state index >= 15 is 0 Å². The van der Waals surface area contributed by atoms with Crippen molar-refractivity contribution in [1.82, 2.24) is 4.57 Å². The average Bonchev–Trinajstić information content (AvgIpc) is 3.21. The molecule has 26 heavy (non-hydrogen) atoms. The van der Waals surface area contributed by atoms with Crippen LogP contribution in [0.3, 0.4) is 0 Å². The Bertz CT molecular complexity index is 844. The lowest BCUT2D eigenvalue weighted by molar-refractivity contribution is -0.123. The van der Waals surface area contributed by atoms with Gasteiger partial charge >= 0.3 is 5.97 Å². The van der Waals surface area contributed by atoms with Crippen LogP contribution in [-0.4, -0.2) is 29.3 Å². The van der Waals surface area contributed by atoms with E-state index in [4.69, 9.17) is 4.74 Å². The normalized spacial score (nSPS) is 29.8. The fourth-order valence-corrected chi connectivity index (χ4v) is 4.87. The van der Waals surface area contributed by atoms with Crippen LogP contribution in [0.2, 0.25) is 0 Å². The lowest BCUT2D eigenvalue weighted by Crippen LogP contribution is -2.39. The standard InChI is InChI=1S/C21H23NO4/c1-12-7-8-13-5-3-4-6-14(13)18(12)19(23)16-11-17-15(21(25)26-2)9-10-22(17)20(16)24/h7-14,18H,3-6H2,1-2H3. The zero-order chi connectivity index (χ0) is 18.4. The first-order valence-electron chi connectivity index (χ1n) is 9.31. The van der Waals surface area contributed by atoms with Crippen LogP contribution in [-0.2, 0) is 9.53 Å². The van der Waals surface area contributed by atoms with Crippen LogP contribution in [0.15, 0.2) is 30.0 Å². The summed E-state index contributed by atoms with van der Waals surface area (Å²) in [5.74, 6) is -0.210. The third-order valence-electron chi connectivity index (χ3n) is 6.19.